The molecule has 1 saturated carbocycles. The molecule has 1 aliphatic carbocycles. The molecule has 1 fully saturated rings. The van der Waals surface area contributed by atoms with Gasteiger partial charge in [-0.1, -0.05) is 28.9 Å². The summed E-state index contributed by atoms with van der Waals surface area (Å²) in [6.45, 7) is -0.433. The number of esters is 1. The van der Waals surface area contributed by atoms with E-state index < -0.39 is 22.6 Å². The predicted octanol–water partition coefficient (Wildman–Crippen LogP) is 1.74. The number of hydroxylamine groups is 1. The standard InChI is InChI=1S/C16H21ClN2O6S/c1-19(24-2)26(22,23)14-9-11(7-8-13(14)17)16(21)25-10-15(20)18-12-5-3-4-6-12/h7-9,12H,3-6,10H2,1-2H3,(H,18,20). The van der Waals surface area contributed by atoms with Gasteiger partial charge in [0.05, 0.1) is 17.7 Å². The Morgan fingerprint density at radius 3 is 2.58 bits per heavy atom. The Balaban J connectivity index is 2.05. The van der Waals surface area contributed by atoms with Crippen molar-refractivity contribution in [2.24, 2.45) is 0 Å². The lowest BCUT2D eigenvalue weighted by Gasteiger charge is -2.16. The van der Waals surface area contributed by atoms with Gasteiger partial charge in [-0.05, 0) is 31.0 Å². The zero-order valence-electron chi connectivity index (χ0n) is 14.5. The van der Waals surface area contributed by atoms with E-state index in [2.05, 4.69) is 10.2 Å². The maximum Gasteiger partial charge on any atom is 0.338 e. The SMILES string of the molecule is CON(C)S(=O)(=O)c1cc(C(=O)OCC(=O)NC2CCCC2)ccc1Cl. The van der Waals surface area contributed by atoms with Crippen molar-refractivity contribution in [1.29, 1.82) is 0 Å². The molecule has 1 amide bonds. The van der Waals surface area contributed by atoms with Crippen LogP contribution in [-0.2, 0) is 24.4 Å². The van der Waals surface area contributed by atoms with Crippen molar-refractivity contribution in [3.05, 3.63) is 28.8 Å². The third-order valence-electron chi connectivity index (χ3n) is 4.10. The quantitative estimate of drug-likeness (QED) is 0.548. The summed E-state index contributed by atoms with van der Waals surface area (Å²) in [6, 6.07) is 3.81. The van der Waals surface area contributed by atoms with Crippen molar-refractivity contribution >= 4 is 33.5 Å². The number of hydrogen-bond donors (Lipinski definition) is 1. The fraction of sp³-hybridized carbons (Fsp3) is 0.500. The maximum atomic E-state index is 12.3. The van der Waals surface area contributed by atoms with Crippen molar-refractivity contribution in [3.63, 3.8) is 0 Å². The number of sulfonamides is 1. The molecule has 0 heterocycles. The molecule has 26 heavy (non-hydrogen) atoms. The average Bonchev–Trinajstić information content (AvgIpc) is 3.11. The maximum absolute atomic E-state index is 12.3. The topological polar surface area (TPSA) is 102 Å². The van der Waals surface area contributed by atoms with Gasteiger partial charge in [0.25, 0.3) is 15.9 Å². The molecule has 0 aromatic heterocycles. The van der Waals surface area contributed by atoms with E-state index in [1.54, 1.807) is 0 Å². The van der Waals surface area contributed by atoms with Crippen LogP contribution in [-0.4, -0.2) is 51.6 Å². The second kappa shape index (κ2) is 8.81. The summed E-state index contributed by atoms with van der Waals surface area (Å²) in [6.07, 6.45) is 3.99. The minimum atomic E-state index is -4.03. The number of rotatable bonds is 7. The molecular weight excluding hydrogens is 384 g/mol. The molecule has 0 atom stereocenters. The van der Waals surface area contributed by atoms with E-state index in [9.17, 15) is 18.0 Å². The largest absolute Gasteiger partial charge is 0.452 e. The van der Waals surface area contributed by atoms with Crippen LogP contribution in [0.3, 0.4) is 0 Å². The van der Waals surface area contributed by atoms with E-state index in [-0.39, 0.29) is 27.4 Å². The van der Waals surface area contributed by atoms with Gasteiger partial charge in [0.15, 0.2) is 6.61 Å². The van der Waals surface area contributed by atoms with Gasteiger partial charge in [-0.3, -0.25) is 9.63 Å². The number of carbonyl (C=O) groups excluding carboxylic acids is 2. The van der Waals surface area contributed by atoms with Crippen molar-refractivity contribution in [2.45, 2.75) is 36.6 Å². The van der Waals surface area contributed by atoms with Gasteiger partial charge in [-0.2, -0.15) is 0 Å². The number of nitrogens with zero attached hydrogens (tertiary/aromatic N) is 1. The van der Waals surface area contributed by atoms with Crippen LogP contribution in [0.25, 0.3) is 0 Å². The number of halogens is 1. The number of ether oxygens (including phenoxy) is 1. The highest BCUT2D eigenvalue weighted by molar-refractivity contribution is 7.89. The van der Waals surface area contributed by atoms with Gasteiger partial charge in [0.1, 0.15) is 4.90 Å². The van der Waals surface area contributed by atoms with Gasteiger partial charge < -0.3 is 10.1 Å². The molecule has 10 heteroatoms. The molecule has 0 bridgehead atoms. The highest BCUT2D eigenvalue weighted by atomic mass is 35.5. The Bertz CT molecular complexity index is 777. The van der Waals surface area contributed by atoms with Gasteiger partial charge in [0.2, 0.25) is 0 Å². The van der Waals surface area contributed by atoms with E-state index >= 15 is 0 Å². The Kier molecular flexibility index (Phi) is 6.99. The van der Waals surface area contributed by atoms with Crippen LogP contribution in [0.1, 0.15) is 36.0 Å². The van der Waals surface area contributed by atoms with Crippen LogP contribution in [0.15, 0.2) is 23.1 Å². The highest BCUT2D eigenvalue weighted by Crippen LogP contribution is 2.25. The summed E-state index contributed by atoms with van der Waals surface area (Å²) in [5.74, 6) is -1.20. The number of benzene rings is 1. The first-order valence-electron chi connectivity index (χ1n) is 8.04. The van der Waals surface area contributed by atoms with Crippen molar-refractivity contribution in [1.82, 2.24) is 9.79 Å². The highest BCUT2D eigenvalue weighted by Gasteiger charge is 2.26. The van der Waals surface area contributed by atoms with Crippen LogP contribution in [0, 0.1) is 0 Å². The second-order valence-corrected chi connectivity index (χ2v) is 8.18. The van der Waals surface area contributed by atoms with Gasteiger partial charge >= 0.3 is 5.97 Å². The first-order valence-corrected chi connectivity index (χ1v) is 9.86. The predicted molar refractivity (Wildman–Crippen MR) is 94.1 cm³/mol. The van der Waals surface area contributed by atoms with Crippen LogP contribution in [0.2, 0.25) is 5.02 Å². The molecule has 0 unspecified atom stereocenters. The normalized spacial score (nSPS) is 15.2. The molecule has 144 valence electrons. The molecule has 1 N–H and O–H groups in total. The Morgan fingerprint density at radius 1 is 1.31 bits per heavy atom. The minimum Gasteiger partial charge on any atom is -0.452 e. The van der Waals surface area contributed by atoms with Crippen molar-refractivity contribution < 1.29 is 27.6 Å². The molecule has 0 spiro atoms. The van der Waals surface area contributed by atoms with Crippen molar-refractivity contribution in [2.75, 3.05) is 20.8 Å². The number of amides is 1. The lowest BCUT2D eigenvalue weighted by molar-refractivity contribution is -0.124. The van der Waals surface area contributed by atoms with Gasteiger partial charge in [-0.15, -0.1) is 0 Å². The Morgan fingerprint density at radius 2 is 1.96 bits per heavy atom. The molecule has 0 aliphatic heterocycles. The Hall–Kier alpha value is -1.68. The fourth-order valence-electron chi connectivity index (χ4n) is 2.62. The number of nitrogens with one attached hydrogen (secondary N) is 1. The monoisotopic (exact) mass is 404 g/mol. The molecule has 0 radical (unpaired) electrons. The lowest BCUT2D eigenvalue weighted by Crippen LogP contribution is -2.35. The van der Waals surface area contributed by atoms with Gasteiger partial charge in [-0.25, -0.2) is 13.2 Å². The molecule has 1 aromatic carbocycles. The minimum absolute atomic E-state index is 0.0360. The first-order chi connectivity index (χ1) is 12.3. The van der Waals surface area contributed by atoms with E-state index in [0.717, 1.165) is 31.7 Å². The molecule has 0 saturated heterocycles. The third kappa shape index (κ3) is 4.94. The Labute approximate surface area is 157 Å². The molecule has 1 aromatic rings. The average molecular weight is 405 g/mol. The fourth-order valence-corrected chi connectivity index (χ4v) is 4.09. The zero-order chi connectivity index (χ0) is 19.3. The summed E-state index contributed by atoms with van der Waals surface area (Å²) in [4.78, 5) is 28.3. The molecule has 8 nitrogen and oxygen atoms in total. The third-order valence-corrected chi connectivity index (χ3v) is 6.26. The molecular formula is C16H21ClN2O6S. The van der Waals surface area contributed by atoms with Crippen LogP contribution < -0.4 is 5.32 Å². The lowest BCUT2D eigenvalue weighted by atomic mass is 10.2. The van der Waals surface area contributed by atoms with E-state index in [1.165, 1.54) is 26.3 Å². The van der Waals surface area contributed by atoms with E-state index in [1.807, 2.05) is 0 Å². The smallest absolute Gasteiger partial charge is 0.338 e. The van der Waals surface area contributed by atoms with E-state index in [0.29, 0.717) is 4.47 Å². The molecule has 2 rings (SSSR count). The van der Waals surface area contributed by atoms with Crippen LogP contribution in [0.5, 0.6) is 0 Å². The molecule has 1 aliphatic rings. The second-order valence-electron chi connectivity index (χ2n) is 5.87. The van der Waals surface area contributed by atoms with E-state index in [4.69, 9.17) is 16.3 Å². The first kappa shape index (κ1) is 20.6. The van der Waals surface area contributed by atoms with Crippen LogP contribution >= 0.6 is 11.6 Å². The zero-order valence-corrected chi connectivity index (χ0v) is 16.1. The number of carbonyl (C=O) groups is 2. The van der Waals surface area contributed by atoms with Crippen molar-refractivity contribution in [3.8, 4) is 0 Å². The summed E-state index contributed by atoms with van der Waals surface area (Å²) in [7, 11) is -1.65. The van der Waals surface area contributed by atoms with Crippen LogP contribution in [0.4, 0.5) is 0 Å². The summed E-state index contributed by atoms with van der Waals surface area (Å²) in [5.41, 5.74) is -0.0360. The number of hydrogen-bond acceptors (Lipinski definition) is 6. The summed E-state index contributed by atoms with van der Waals surface area (Å²) >= 11 is 5.93. The summed E-state index contributed by atoms with van der Waals surface area (Å²) in [5, 5.41) is 2.73. The summed E-state index contributed by atoms with van der Waals surface area (Å²) < 4.78 is 30.2. The van der Waals surface area contributed by atoms with Gasteiger partial charge in [0, 0.05) is 13.1 Å².